The van der Waals surface area contributed by atoms with Crippen molar-refractivity contribution in [3.63, 3.8) is 0 Å². The quantitative estimate of drug-likeness (QED) is 0.705. The number of carbonyl (C=O) groups is 1. The van der Waals surface area contributed by atoms with Gasteiger partial charge >= 0.3 is 0 Å². The van der Waals surface area contributed by atoms with Crippen LogP contribution in [0, 0.1) is 0 Å². The molecule has 0 radical (unpaired) electrons. The maximum atomic E-state index is 12.7. The van der Waals surface area contributed by atoms with Gasteiger partial charge in [0.05, 0.1) is 11.8 Å². The summed E-state index contributed by atoms with van der Waals surface area (Å²) in [6.45, 7) is -0.216. The highest BCUT2D eigenvalue weighted by Crippen LogP contribution is 2.38. The predicted octanol–water partition coefficient (Wildman–Crippen LogP) is 1.36. The number of amides is 1. The lowest BCUT2D eigenvalue weighted by molar-refractivity contribution is -0.118. The Morgan fingerprint density at radius 2 is 1.96 bits per heavy atom. The highest BCUT2D eigenvalue weighted by atomic mass is 79.9. The number of aliphatic hydroxyl groups excluding tert-OH is 1. The monoisotopic (exact) mass is 404 g/mol. The molecule has 3 rings (SSSR count). The molecule has 23 heavy (non-hydrogen) atoms. The van der Waals surface area contributed by atoms with Crippen molar-refractivity contribution in [1.29, 1.82) is 0 Å². The lowest BCUT2D eigenvalue weighted by Gasteiger charge is -2.27. The molecule has 1 aromatic carbocycles. The fourth-order valence-corrected chi connectivity index (χ4v) is 4.92. The second-order valence-corrected chi connectivity index (χ2v) is 8.34. The van der Waals surface area contributed by atoms with Gasteiger partial charge in [-0.05, 0) is 37.8 Å². The molecule has 1 aliphatic heterocycles. The largest absolute Gasteiger partial charge is 0.480 e. The third-order valence-corrected chi connectivity index (χ3v) is 5.93. The Labute approximate surface area is 142 Å². The minimum atomic E-state index is -3.80. The van der Waals surface area contributed by atoms with Crippen LogP contribution < -0.4 is 14.8 Å². The molecule has 1 amide bonds. The molecule has 1 aliphatic carbocycles. The summed E-state index contributed by atoms with van der Waals surface area (Å²) < 4.78 is 33.9. The molecular weight excluding hydrogens is 388 g/mol. The molecule has 0 aromatic heterocycles. The first-order valence-corrected chi connectivity index (χ1v) is 9.59. The Balaban J connectivity index is 1.89. The summed E-state index contributed by atoms with van der Waals surface area (Å²) in [4.78, 5) is 11.4. The molecule has 1 saturated carbocycles. The first-order valence-electron chi connectivity index (χ1n) is 7.32. The van der Waals surface area contributed by atoms with Gasteiger partial charge < -0.3 is 15.2 Å². The molecule has 0 atom stereocenters. The van der Waals surface area contributed by atoms with E-state index in [-0.39, 0.29) is 35.3 Å². The molecule has 9 heteroatoms. The predicted molar refractivity (Wildman–Crippen MR) is 86.9 cm³/mol. The first-order chi connectivity index (χ1) is 10.8. The van der Waals surface area contributed by atoms with Gasteiger partial charge in [0.1, 0.15) is 4.90 Å². The van der Waals surface area contributed by atoms with E-state index < -0.39 is 10.0 Å². The molecule has 2 aliphatic rings. The van der Waals surface area contributed by atoms with Gasteiger partial charge in [0.25, 0.3) is 5.91 Å². The van der Waals surface area contributed by atoms with E-state index >= 15 is 0 Å². The average Bonchev–Trinajstić information content (AvgIpc) is 2.48. The SMILES string of the molecule is O=C1COc2c(cc(Br)cc2S(=O)(=O)NC2CCC(O)CC2)N1. The van der Waals surface area contributed by atoms with E-state index in [1.807, 2.05) is 0 Å². The van der Waals surface area contributed by atoms with Crippen LogP contribution in [-0.2, 0) is 14.8 Å². The number of hydrogen-bond donors (Lipinski definition) is 3. The van der Waals surface area contributed by atoms with Crippen LogP contribution in [0.15, 0.2) is 21.5 Å². The van der Waals surface area contributed by atoms with Gasteiger partial charge in [0.2, 0.25) is 10.0 Å². The Hall–Kier alpha value is -1.16. The topological polar surface area (TPSA) is 105 Å². The molecular formula is C14H17BrN2O5S. The van der Waals surface area contributed by atoms with Crippen LogP contribution in [0.1, 0.15) is 25.7 Å². The lowest BCUT2D eigenvalue weighted by atomic mass is 9.94. The number of aliphatic hydroxyl groups is 1. The number of nitrogens with one attached hydrogen (secondary N) is 2. The third kappa shape index (κ3) is 3.68. The minimum Gasteiger partial charge on any atom is -0.480 e. The van der Waals surface area contributed by atoms with E-state index in [1.54, 1.807) is 6.07 Å². The van der Waals surface area contributed by atoms with Crippen LogP contribution in [0.3, 0.4) is 0 Å². The van der Waals surface area contributed by atoms with Crippen molar-refractivity contribution in [3.05, 3.63) is 16.6 Å². The molecule has 0 unspecified atom stereocenters. The van der Waals surface area contributed by atoms with E-state index in [0.717, 1.165) is 0 Å². The highest BCUT2D eigenvalue weighted by Gasteiger charge is 2.30. The number of halogens is 1. The summed E-state index contributed by atoms with van der Waals surface area (Å²) in [5, 5.41) is 12.1. The molecule has 1 aromatic rings. The molecule has 3 N–H and O–H groups in total. The van der Waals surface area contributed by atoms with Crippen molar-refractivity contribution < 1.29 is 23.1 Å². The van der Waals surface area contributed by atoms with Crippen LogP contribution in [0.5, 0.6) is 5.75 Å². The van der Waals surface area contributed by atoms with E-state index in [0.29, 0.717) is 35.8 Å². The molecule has 126 valence electrons. The Morgan fingerprint density at radius 1 is 1.26 bits per heavy atom. The number of sulfonamides is 1. The molecule has 7 nitrogen and oxygen atoms in total. The third-order valence-electron chi connectivity index (χ3n) is 3.95. The van der Waals surface area contributed by atoms with Crippen molar-refractivity contribution in [2.75, 3.05) is 11.9 Å². The second kappa shape index (κ2) is 6.39. The van der Waals surface area contributed by atoms with Gasteiger partial charge in [-0.3, -0.25) is 4.79 Å². The summed E-state index contributed by atoms with van der Waals surface area (Å²) >= 11 is 3.25. The van der Waals surface area contributed by atoms with Crippen LogP contribution in [0.25, 0.3) is 0 Å². The van der Waals surface area contributed by atoms with E-state index in [4.69, 9.17) is 4.74 Å². The van der Waals surface area contributed by atoms with Crippen molar-refractivity contribution in [2.45, 2.75) is 42.7 Å². The first kappa shape index (κ1) is 16.7. The minimum absolute atomic E-state index is 0.00648. The normalized spacial score (nSPS) is 24.5. The van der Waals surface area contributed by atoms with Crippen molar-refractivity contribution in [3.8, 4) is 5.75 Å². The summed E-state index contributed by atoms with van der Waals surface area (Å²) in [7, 11) is -3.80. The van der Waals surface area contributed by atoms with Crippen LogP contribution >= 0.6 is 15.9 Å². The smallest absolute Gasteiger partial charge is 0.262 e. The number of ether oxygens (including phenoxy) is 1. The zero-order valence-corrected chi connectivity index (χ0v) is 14.6. The van der Waals surface area contributed by atoms with Crippen LogP contribution in [0.4, 0.5) is 5.69 Å². The van der Waals surface area contributed by atoms with Gasteiger partial charge in [-0.2, -0.15) is 0 Å². The van der Waals surface area contributed by atoms with Crippen LogP contribution in [-0.4, -0.2) is 38.2 Å². The maximum Gasteiger partial charge on any atom is 0.262 e. The van der Waals surface area contributed by atoms with Gasteiger partial charge in [0.15, 0.2) is 12.4 Å². The van der Waals surface area contributed by atoms with Crippen molar-refractivity contribution in [2.24, 2.45) is 0 Å². The fourth-order valence-electron chi connectivity index (χ4n) is 2.81. The van der Waals surface area contributed by atoms with Gasteiger partial charge in [-0.15, -0.1) is 0 Å². The van der Waals surface area contributed by atoms with E-state index in [9.17, 15) is 18.3 Å². The Bertz CT molecular complexity index is 729. The molecule has 0 bridgehead atoms. The maximum absolute atomic E-state index is 12.7. The van der Waals surface area contributed by atoms with Gasteiger partial charge in [0, 0.05) is 10.5 Å². The van der Waals surface area contributed by atoms with Crippen molar-refractivity contribution >= 4 is 37.5 Å². The zero-order valence-electron chi connectivity index (χ0n) is 12.2. The summed E-state index contributed by atoms with van der Waals surface area (Å²) in [6, 6.07) is 2.84. The summed E-state index contributed by atoms with van der Waals surface area (Å²) in [6.07, 6.45) is 1.99. The van der Waals surface area contributed by atoms with E-state index in [1.165, 1.54) is 6.07 Å². The highest BCUT2D eigenvalue weighted by molar-refractivity contribution is 9.10. The number of anilines is 1. The zero-order chi connectivity index (χ0) is 16.6. The number of hydrogen-bond acceptors (Lipinski definition) is 5. The van der Waals surface area contributed by atoms with Gasteiger partial charge in [-0.1, -0.05) is 15.9 Å². The van der Waals surface area contributed by atoms with Crippen LogP contribution in [0.2, 0.25) is 0 Å². The van der Waals surface area contributed by atoms with E-state index in [2.05, 4.69) is 26.0 Å². The average molecular weight is 405 g/mol. The Kier molecular flexibility index (Phi) is 4.63. The van der Waals surface area contributed by atoms with Gasteiger partial charge in [-0.25, -0.2) is 13.1 Å². The second-order valence-electron chi connectivity index (χ2n) is 5.74. The number of benzene rings is 1. The lowest BCUT2D eigenvalue weighted by Crippen LogP contribution is -2.39. The summed E-state index contributed by atoms with van der Waals surface area (Å²) in [5.41, 5.74) is 0.329. The van der Waals surface area contributed by atoms with Crippen molar-refractivity contribution in [1.82, 2.24) is 4.72 Å². The number of carbonyl (C=O) groups excluding carboxylic acids is 1. The number of fused-ring (bicyclic) bond motifs is 1. The molecule has 0 saturated heterocycles. The Morgan fingerprint density at radius 3 is 2.65 bits per heavy atom. The standard InChI is InChI=1S/C14H17BrN2O5S/c15-8-5-11-14(22-7-13(19)16-11)12(6-8)23(20,21)17-9-1-3-10(18)4-2-9/h5-6,9-10,17-18H,1-4,7H2,(H,16,19). The molecule has 1 fully saturated rings. The summed E-state index contributed by atoms with van der Waals surface area (Å²) in [5.74, 6) is -0.177. The number of rotatable bonds is 3. The molecule has 1 heterocycles. The molecule has 0 spiro atoms. The fraction of sp³-hybridized carbons (Fsp3) is 0.500.